The van der Waals surface area contributed by atoms with E-state index in [1.165, 1.54) is 0 Å². The van der Waals surface area contributed by atoms with Gasteiger partial charge in [0.15, 0.2) is 0 Å². The Labute approximate surface area is 173 Å². The first-order valence-electron chi connectivity index (χ1n) is 9.67. The van der Waals surface area contributed by atoms with E-state index in [1.807, 2.05) is 37.3 Å². The molecule has 4 rings (SSSR count). The summed E-state index contributed by atoms with van der Waals surface area (Å²) in [4.78, 5) is 38.5. The number of nitrogens with zero attached hydrogens (tertiary/aromatic N) is 3. The lowest BCUT2D eigenvalue weighted by atomic mass is 10.1. The highest BCUT2D eigenvalue weighted by atomic mass is 16.5. The minimum absolute atomic E-state index is 0.00827. The number of imide groups is 1. The average Bonchev–Trinajstić information content (AvgIpc) is 3.16. The van der Waals surface area contributed by atoms with Crippen LogP contribution in [-0.2, 0) is 11.3 Å². The van der Waals surface area contributed by atoms with E-state index in [4.69, 9.17) is 4.74 Å². The number of hydrogen-bond donors (Lipinski definition) is 0. The van der Waals surface area contributed by atoms with E-state index in [1.54, 1.807) is 35.9 Å². The van der Waals surface area contributed by atoms with E-state index in [2.05, 4.69) is 5.10 Å². The summed E-state index contributed by atoms with van der Waals surface area (Å²) in [7, 11) is 0. The zero-order chi connectivity index (χ0) is 21.3. The summed E-state index contributed by atoms with van der Waals surface area (Å²) < 4.78 is 7.14. The number of esters is 1. The lowest BCUT2D eigenvalue weighted by molar-refractivity contribution is 0.0419. The summed E-state index contributed by atoms with van der Waals surface area (Å²) in [5, 5.41) is 4.46. The van der Waals surface area contributed by atoms with Crippen molar-refractivity contribution in [1.82, 2.24) is 14.7 Å². The molecule has 7 heteroatoms. The third kappa shape index (κ3) is 3.50. The number of carbonyl (C=O) groups excluding carboxylic acids is 3. The Hall–Kier alpha value is -3.74. The molecule has 0 atom stereocenters. The molecule has 0 saturated heterocycles. The largest absolute Gasteiger partial charge is 0.460 e. The van der Waals surface area contributed by atoms with Crippen LogP contribution in [0.1, 0.15) is 48.0 Å². The van der Waals surface area contributed by atoms with Gasteiger partial charge in [-0.15, -0.1) is 0 Å². The molecule has 152 valence electrons. The van der Waals surface area contributed by atoms with Crippen LogP contribution in [-0.4, -0.2) is 45.6 Å². The zero-order valence-electron chi connectivity index (χ0n) is 16.8. The van der Waals surface area contributed by atoms with E-state index in [0.29, 0.717) is 34.6 Å². The molecular weight excluding hydrogens is 382 g/mol. The summed E-state index contributed by atoms with van der Waals surface area (Å²) in [6.07, 6.45) is 0. The monoisotopic (exact) mass is 403 g/mol. The van der Waals surface area contributed by atoms with Crippen molar-refractivity contribution >= 4 is 17.8 Å². The number of aryl methyl sites for hydroxylation is 1. The van der Waals surface area contributed by atoms with Crippen molar-refractivity contribution in [2.75, 3.05) is 13.2 Å². The summed E-state index contributed by atoms with van der Waals surface area (Å²) in [5.74, 6) is -1.25. The summed E-state index contributed by atoms with van der Waals surface area (Å²) in [6, 6.07) is 16.5. The number of benzene rings is 2. The Morgan fingerprint density at radius 1 is 0.933 bits per heavy atom. The zero-order valence-corrected chi connectivity index (χ0v) is 16.8. The van der Waals surface area contributed by atoms with Gasteiger partial charge in [0.1, 0.15) is 12.2 Å². The van der Waals surface area contributed by atoms with Gasteiger partial charge in [-0.1, -0.05) is 42.5 Å². The summed E-state index contributed by atoms with van der Waals surface area (Å²) >= 11 is 0. The van der Waals surface area contributed by atoms with E-state index >= 15 is 0 Å². The Kier molecular flexibility index (Phi) is 5.18. The molecule has 2 heterocycles. The van der Waals surface area contributed by atoms with Crippen molar-refractivity contribution in [3.8, 4) is 0 Å². The van der Waals surface area contributed by atoms with Crippen LogP contribution >= 0.6 is 0 Å². The molecule has 0 spiro atoms. The highest BCUT2D eigenvalue weighted by Gasteiger charge is 2.35. The molecule has 1 aliphatic rings. The second kappa shape index (κ2) is 7.94. The summed E-state index contributed by atoms with van der Waals surface area (Å²) in [6.45, 7) is 4.07. The van der Waals surface area contributed by atoms with Crippen LogP contribution in [0.3, 0.4) is 0 Å². The Morgan fingerprint density at radius 2 is 1.53 bits per heavy atom. The number of rotatable bonds is 6. The van der Waals surface area contributed by atoms with Gasteiger partial charge in [0.25, 0.3) is 11.8 Å². The maximum atomic E-state index is 12.6. The third-order valence-corrected chi connectivity index (χ3v) is 5.19. The van der Waals surface area contributed by atoms with E-state index < -0.39 is 5.97 Å². The predicted molar refractivity (Wildman–Crippen MR) is 109 cm³/mol. The first-order chi connectivity index (χ1) is 14.5. The second-order valence-corrected chi connectivity index (χ2v) is 7.13. The number of ether oxygens (including phenoxy) is 1. The van der Waals surface area contributed by atoms with Crippen molar-refractivity contribution in [2.24, 2.45) is 0 Å². The lowest BCUT2D eigenvalue weighted by Gasteiger charge is -2.14. The quantitative estimate of drug-likeness (QED) is 0.467. The van der Waals surface area contributed by atoms with E-state index in [9.17, 15) is 14.4 Å². The van der Waals surface area contributed by atoms with Gasteiger partial charge in [-0.05, 0) is 31.5 Å². The Morgan fingerprint density at radius 3 is 2.17 bits per heavy atom. The SMILES string of the molecule is Cc1nn(Cc2ccccc2)c(C)c1C(=O)OCCN1C(=O)c2ccccc2C1=O. The number of amides is 2. The first kappa shape index (κ1) is 19.6. The van der Waals surface area contributed by atoms with Gasteiger partial charge < -0.3 is 4.74 Å². The van der Waals surface area contributed by atoms with Crippen LogP contribution in [0.15, 0.2) is 54.6 Å². The van der Waals surface area contributed by atoms with E-state index in [0.717, 1.165) is 10.5 Å². The molecule has 1 aromatic heterocycles. The normalized spacial score (nSPS) is 12.9. The highest BCUT2D eigenvalue weighted by Crippen LogP contribution is 2.22. The van der Waals surface area contributed by atoms with Crippen molar-refractivity contribution in [1.29, 1.82) is 0 Å². The fraction of sp³-hybridized carbons (Fsp3) is 0.217. The smallest absolute Gasteiger partial charge is 0.341 e. The summed E-state index contributed by atoms with van der Waals surface area (Å²) in [5.41, 5.74) is 3.53. The number of aromatic nitrogens is 2. The number of hydrogen-bond acceptors (Lipinski definition) is 5. The van der Waals surface area contributed by atoms with Crippen LogP contribution in [0.4, 0.5) is 0 Å². The van der Waals surface area contributed by atoms with Crippen LogP contribution in [0.2, 0.25) is 0 Å². The molecule has 0 radical (unpaired) electrons. The van der Waals surface area contributed by atoms with E-state index in [-0.39, 0.29) is 25.0 Å². The molecular formula is C23H21N3O4. The highest BCUT2D eigenvalue weighted by molar-refractivity contribution is 6.21. The Balaban J connectivity index is 1.40. The second-order valence-electron chi connectivity index (χ2n) is 7.13. The van der Waals surface area contributed by atoms with Gasteiger partial charge in [0.05, 0.1) is 35.6 Å². The molecule has 0 saturated carbocycles. The molecule has 0 bridgehead atoms. The fourth-order valence-electron chi connectivity index (χ4n) is 3.65. The van der Waals surface area contributed by atoms with Gasteiger partial charge >= 0.3 is 5.97 Å². The van der Waals surface area contributed by atoms with Crippen LogP contribution < -0.4 is 0 Å². The Bertz CT molecular complexity index is 1100. The predicted octanol–water partition coefficient (Wildman–Crippen LogP) is 3.00. The average molecular weight is 403 g/mol. The van der Waals surface area contributed by atoms with Crippen molar-refractivity contribution in [3.63, 3.8) is 0 Å². The van der Waals surface area contributed by atoms with Crippen molar-refractivity contribution in [3.05, 3.63) is 88.2 Å². The van der Waals surface area contributed by atoms with Crippen LogP contribution in [0.5, 0.6) is 0 Å². The molecule has 1 aliphatic heterocycles. The molecule has 2 aromatic carbocycles. The number of carbonyl (C=O) groups is 3. The molecule has 30 heavy (non-hydrogen) atoms. The fourth-order valence-corrected chi connectivity index (χ4v) is 3.65. The molecule has 0 unspecified atom stereocenters. The third-order valence-electron chi connectivity index (χ3n) is 5.19. The minimum Gasteiger partial charge on any atom is -0.460 e. The van der Waals surface area contributed by atoms with Crippen molar-refractivity contribution in [2.45, 2.75) is 20.4 Å². The van der Waals surface area contributed by atoms with Crippen LogP contribution in [0, 0.1) is 13.8 Å². The van der Waals surface area contributed by atoms with Crippen LogP contribution in [0.25, 0.3) is 0 Å². The molecule has 0 N–H and O–H groups in total. The standard InChI is InChI=1S/C23H21N3O4/c1-15-20(16(2)26(24-15)14-17-8-4-3-5-9-17)23(29)30-13-12-25-21(27)18-10-6-7-11-19(18)22(25)28/h3-11H,12-14H2,1-2H3. The number of fused-ring (bicyclic) bond motifs is 1. The maximum absolute atomic E-state index is 12.6. The van der Waals surface area contributed by atoms with Gasteiger partial charge in [-0.25, -0.2) is 4.79 Å². The van der Waals surface area contributed by atoms with Crippen molar-refractivity contribution < 1.29 is 19.1 Å². The van der Waals surface area contributed by atoms with Gasteiger partial charge in [-0.2, -0.15) is 5.10 Å². The minimum atomic E-state index is -0.513. The lowest BCUT2D eigenvalue weighted by Crippen LogP contribution is -2.33. The van der Waals surface area contributed by atoms with Gasteiger partial charge in [-0.3, -0.25) is 19.2 Å². The topological polar surface area (TPSA) is 81.5 Å². The van der Waals surface area contributed by atoms with Gasteiger partial charge in [0.2, 0.25) is 0 Å². The molecule has 7 nitrogen and oxygen atoms in total. The maximum Gasteiger partial charge on any atom is 0.341 e. The molecule has 3 aromatic rings. The molecule has 0 aliphatic carbocycles. The van der Waals surface area contributed by atoms with Gasteiger partial charge in [0, 0.05) is 0 Å². The molecule has 0 fully saturated rings. The first-order valence-corrected chi connectivity index (χ1v) is 9.67. The molecule has 2 amide bonds.